The van der Waals surface area contributed by atoms with Crippen molar-refractivity contribution in [1.82, 2.24) is 4.90 Å². The van der Waals surface area contributed by atoms with Gasteiger partial charge in [0.1, 0.15) is 10.6 Å². The van der Waals surface area contributed by atoms with Crippen LogP contribution in [0.4, 0.5) is 5.69 Å². The van der Waals surface area contributed by atoms with Gasteiger partial charge in [-0.05, 0) is 49.2 Å². The largest absolute Gasteiger partial charge is 0.495 e. The molecular weight excluding hydrogens is 378 g/mol. The first-order chi connectivity index (χ1) is 13.2. The molecule has 3 rings (SSSR count). The number of nitrogens with two attached hydrogens (primary N) is 1. The molecule has 0 atom stereocenters. The van der Waals surface area contributed by atoms with E-state index in [9.17, 15) is 13.2 Å². The molecule has 0 aromatic heterocycles. The number of piperazine rings is 1. The van der Waals surface area contributed by atoms with Crippen LogP contribution in [0.15, 0.2) is 41.3 Å². The zero-order chi connectivity index (χ0) is 20.5. The first-order valence-electron chi connectivity index (χ1n) is 9.03. The third-order valence-electron chi connectivity index (χ3n) is 5.20. The van der Waals surface area contributed by atoms with Crippen LogP contribution < -0.4 is 14.8 Å². The molecule has 2 aromatic carbocycles. The Hall–Kier alpha value is -2.58. The number of anilines is 1. The topological polar surface area (TPSA) is 92.9 Å². The van der Waals surface area contributed by atoms with Crippen molar-refractivity contribution in [1.29, 1.82) is 0 Å². The summed E-state index contributed by atoms with van der Waals surface area (Å²) >= 11 is 0. The molecule has 28 heavy (non-hydrogen) atoms. The van der Waals surface area contributed by atoms with Crippen molar-refractivity contribution >= 4 is 21.6 Å². The average molecular weight is 404 g/mol. The smallest absolute Gasteiger partial charge is 0.254 e. The van der Waals surface area contributed by atoms with E-state index in [1.165, 1.54) is 36.1 Å². The highest BCUT2D eigenvalue weighted by atomic mass is 32.2. The molecule has 1 fully saturated rings. The Balaban J connectivity index is 1.76. The molecule has 0 spiro atoms. The van der Waals surface area contributed by atoms with Crippen molar-refractivity contribution in [3.05, 3.63) is 53.1 Å². The van der Waals surface area contributed by atoms with Crippen LogP contribution in [0.2, 0.25) is 0 Å². The minimum Gasteiger partial charge on any atom is -0.495 e. The van der Waals surface area contributed by atoms with Crippen molar-refractivity contribution in [2.24, 2.45) is 5.14 Å². The number of ether oxygens (including phenoxy) is 1. The number of rotatable bonds is 4. The Bertz CT molecular complexity index is 997. The van der Waals surface area contributed by atoms with Gasteiger partial charge in [0, 0.05) is 37.4 Å². The van der Waals surface area contributed by atoms with Gasteiger partial charge in [-0.2, -0.15) is 0 Å². The van der Waals surface area contributed by atoms with Crippen molar-refractivity contribution in [3.8, 4) is 5.75 Å². The fourth-order valence-corrected chi connectivity index (χ4v) is 4.17. The monoisotopic (exact) mass is 403 g/mol. The fourth-order valence-electron chi connectivity index (χ4n) is 3.44. The van der Waals surface area contributed by atoms with Gasteiger partial charge in [-0.25, -0.2) is 13.6 Å². The van der Waals surface area contributed by atoms with Gasteiger partial charge in [-0.15, -0.1) is 0 Å². The van der Waals surface area contributed by atoms with E-state index < -0.39 is 10.0 Å². The summed E-state index contributed by atoms with van der Waals surface area (Å²) < 4.78 is 28.6. The molecule has 1 saturated heterocycles. The molecule has 0 radical (unpaired) electrons. The summed E-state index contributed by atoms with van der Waals surface area (Å²) in [6.45, 7) is 6.74. The molecule has 0 saturated carbocycles. The second kappa shape index (κ2) is 7.81. The van der Waals surface area contributed by atoms with Crippen molar-refractivity contribution < 1.29 is 17.9 Å². The molecule has 1 aliphatic heterocycles. The van der Waals surface area contributed by atoms with Crippen LogP contribution in [0.1, 0.15) is 21.5 Å². The Morgan fingerprint density at radius 3 is 2.36 bits per heavy atom. The number of nitrogens with zero attached hydrogens (tertiary/aromatic N) is 2. The Labute approximate surface area is 165 Å². The third kappa shape index (κ3) is 3.98. The van der Waals surface area contributed by atoms with Gasteiger partial charge in [0.15, 0.2) is 0 Å². The maximum atomic E-state index is 12.9. The lowest BCUT2D eigenvalue weighted by Crippen LogP contribution is -2.49. The minimum absolute atomic E-state index is 0.124. The van der Waals surface area contributed by atoms with Gasteiger partial charge in [0.2, 0.25) is 10.0 Å². The van der Waals surface area contributed by atoms with Gasteiger partial charge in [-0.3, -0.25) is 4.79 Å². The number of primary sulfonamides is 1. The predicted molar refractivity (Wildman–Crippen MR) is 108 cm³/mol. The summed E-state index contributed by atoms with van der Waals surface area (Å²) in [5.74, 6) is -0.0908. The van der Waals surface area contributed by atoms with Crippen LogP contribution in [0, 0.1) is 13.8 Å². The summed E-state index contributed by atoms with van der Waals surface area (Å²) in [6, 6.07) is 10.5. The lowest BCUT2D eigenvalue weighted by Gasteiger charge is -2.37. The van der Waals surface area contributed by atoms with Gasteiger partial charge >= 0.3 is 0 Å². The molecule has 0 unspecified atom stereocenters. The number of amides is 1. The normalized spacial score (nSPS) is 14.9. The first kappa shape index (κ1) is 20.2. The van der Waals surface area contributed by atoms with E-state index in [1.54, 1.807) is 11.0 Å². The molecule has 8 heteroatoms. The molecule has 2 aromatic rings. The van der Waals surface area contributed by atoms with Crippen LogP contribution in [0.25, 0.3) is 0 Å². The lowest BCUT2D eigenvalue weighted by atomic mass is 10.1. The van der Waals surface area contributed by atoms with Crippen LogP contribution >= 0.6 is 0 Å². The van der Waals surface area contributed by atoms with Crippen molar-refractivity contribution in [2.45, 2.75) is 18.7 Å². The maximum absolute atomic E-state index is 12.9. The number of aryl methyl sites for hydroxylation is 1. The Kier molecular flexibility index (Phi) is 5.62. The molecule has 2 N–H and O–H groups in total. The number of sulfonamides is 1. The van der Waals surface area contributed by atoms with Crippen LogP contribution in [-0.4, -0.2) is 52.5 Å². The predicted octanol–water partition coefficient (Wildman–Crippen LogP) is 1.92. The zero-order valence-electron chi connectivity index (χ0n) is 16.3. The molecule has 1 heterocycles. The van der Waals surface area contributed by atoms with Gasteiger partial charge < -0.3 is 14.5 Å². The molecule has 1 amide bonds. The molecule has 0 bridgehead atoms. The standard InChI is InChI=1S/C20H25N3O4S/c1-14-5-4-6-17(15(14)2)22-9-11-23(12-10-22)20(24)16-7-8-18(27-3)19(13-16)28(21,25)26/h4-8,13H,9-12H2,1-3H3,(H2,21,25,26). The maximum Gasteiger partial charge on any atom is 0.254 e. The molecule has 1 aliphatic rings. The highest BCUT2D eigenvalue weighted by molar-refractivity contribution is 7.89. The minimum atomic E-state index is -3.99. The number of benzene rings is 2. The number of carbonyl (C=O) groups is 1. The highest BCUT2D eigenvalue weighted by Crippen LogP contribution is 2.26. The second-order valence-electron chi connectivity index (χ2n) is 6.91. The number of hydrogen-bond donors (Lipinski definition) is 1. The Morgan fingerprint density at radius 1 is 1.07 bits per heavy atom. The van der Waals surface area contributed by atoms with E-state index in [1.807, 2.05) is 6.07 Å². The van der Waals surface area contributed by atoms with E-state index >= 15 is 0 Å². The SMILES string of the molecule is COc1ccc(C(=O)N2CCN(c3cccc(C)c3C)CC2)cc1S(N)(=O)=O. The number of methoxy groups -OCH3 is 1. The van der Waals surface area contributed by atoms with Crippen LogP contribution in [0.3, 0.4) is 0 Å². The van der Waals surface area contributed by atoms with Crippen LogP contribution in [0.5, 0.6) is 5.75 Å². The van der Waals surface area contributed by atoms with E-state index in [-0.39, 0.29) is 22.1 Å². The van der Waals surface area contributed by atoms with Gasteiger partial charge in [-0.1, -0.05) is 12.1 Å². The molecule has 7 nitrogen and oxygen atoms in total. The first-order valence-corrected chi connectivity index (χ1v) is 10.6. The zero-order valence-corrected chi connectivity index (χ0v) is 17.1. The second-order valence-corrected chi connectivity index (χ2v) is 8.44. The summed E-state index contributed by atoms with van der Waals surface area (Å²) in [6.07, 6.45) is 0. The van der Waals surface area contributed by atoms with Gasteiger partial charge in [0.25, 0.3) is 5.91 Å². The Morgan fingerprint density at radius 2 is 1.75 bits per heavy atom. The summed E-state index contributed by atoms with van der Waals surface area (Å²) in [5.41, 5.74) is 3.96. The van der Waals surface area contributed by atoms with E-state index in [2.05, 4.69) is 30.9 Å². The van der Waals surface area contributed by atoms with Crippen molar-refractivity contribution in [2.75, 3.05) is 38.2 Å². The summed E-state index contributed by atoms with van der Waals surface area (Å²) in [4.78, 5) is 16.7. The fraction of sp³-hybridized carbons (Fsp3) is 0.350. The van der Waals surface area contributed by atoms with E-state index in [0.717, 1.165) is 0 Å². The number of carbonyl (C=O) groups excluding carboxylic acids is 1. The van der Waals surface area contributed by atoms with Crippen LogP contribution in [-0.2, 0) is 10.0 Å². The average Bonchev–Trinajstić information content (AvgIpc) is 2.68. The summed E-state index contributed by atoms with van der Waals surface area (Å²) in [5, 5.41) is 5.25. The summed E-state index contributed by atoms with van der Waals surface area (Å²) in [7, 11) is -2.63. The molecule has 150 valence electrons. The third-order valence-corrected chi connectivity index (χ3v) is 6.13. The quantitative estimate of drug-likeness (QED) is 0.842. The lowest BCUT2D eigenvalue weighted by molar-refractivity contribution is 0.0746. The number of hydrogen-bond acceptors (Lipinski definition) is 5. The van der Waals surface area contributed by atoms with E-state index in [4.69, 9.17) is 9.88 Å². The van der Waals surface area contributed by atoms with E-state index in [0.29, 0.717) is 26.2 Å². The molecular formula is C20H25N3O4S. The van der Waals surface area contributed by atoms with Gasteiger partial charge in [0.05, 0.1) is 7.11 Å². The van der Waals surface area contributed by atoms with Crippen molar-refractivity contribution in [3.63, 3.8) is 0 Å². The highest BCUT2D eigenvalue weighted by Gasteiger charge is 2.25. The molecule has 0 aliphatic carbocycles.